The van der Waals surface area contributed by atoms with Crippen molar-refractivity contribution in [2.45, 2.75) is 51.4 Å². The van der Waals surface area contributed by atoms with Crippen LogP contribution < -0.4 is 11.1 Å². The van der Waals surface area contributed by atoms with Crippen LogP contribution >= 0.6 is 0 Å². The van der Waals surface area contributed by atoms with Gasteiger partial charge in [-0.25, -0.2) is 0 Å². The van der Waals surface area contributed by atoms with E-state index in [1.54, 1.807) is 0 Å². The van der Waals surface area contributed by atoms with E-state index in [9.17, 15) is 9.59 Å². The largest absolute Gasteiger partial charge is 0.356 e. The van der Waals surface area contributed by atoms with Crippen molar-refractivity contribution in [3.8, 4) is 0 Å². The highest BCUT2D eigenvalue weighted by Crippen LogP contribution is 2.42. The Morgan fingerprint density at radius 1 is 1.10 bits per heavy atom. The number of nitrogens with two attached hydrogens (primary N) is 1. The van der Waals surface area contributed by atoms with Crippen LogP contribution in [0.15, 0.2) is 0 Å². The van der Waals surface area contributed by atoms with Gasteiger partial charge in [0.2, 0.25) is 11.8 Å². The Labute approximate surface area is 121 Å². The molecule has 1 aliphatic carbocycles. The number of carbonyl (C=O) groups is 2. The van der Waals surface area contributed by atoms with Crippen LogP contribution in [0, 0.1) is 5.41 Å². The lowest BCUT2D eigenvalue weighted by Gasteiger charge is -2.40. The van der Waals surface area contributed by atoms with Crippen molar-refractivity contribution in [2.75, 3.05) is 26.2 Å². The number of hydrogen-bond acceptors (Lipinski definition) is 3. The molecule has 1 saturated heterocycles. The molecule has 1 saturated carbocycles. The van der Waals surface area contributed by atoms with Gasteiger partial charge in [-0.3, -0.25) is 9.59 Å². The number of hydrogen-bond donors (Lipinski definition) is 2. The molecule has 2 aliphatic rings. The maximum absolute atomic E-state index is 11.9. The molecule has 3 N–H and O–H groups in total. The van der Waals surface area contributed by atoms with Gasteiger partial charge in [0.05, 0.1) is 0 Å². The summed E-state index contributed by atoms with van der Waals surface area (Å²) in [5, 5.41) is 2.87. The van der Waals surface area contributed by atoms with Gasteiger partial charge in [0, 0.05) is 32.5 Å². The Morgan fingerprint density at radius 2 is 1.80 bits per heavy atom. The minimum absolute atomic E-state index is 0.0426. The van der Waals surface area contributed by atoms with Gasteiger partial charge >= 0.3 is 0 Å². The monoisotopic (exact) mass is 281 g/mol. The minimum atomic E-state index is 0.0426. The summed E-state index contributed by atoms with van der Waals surface area (Å²) in [6.45, 7) is 2.80. The zero-order chi connectivity index (χ0) is 14.4. The lowest BCUT2D eigenvalue weighted by molar-refractivity contribution is -0.132. The summed E-state index contributed by atoms with van der Waals surface area (Å²) in [4.78, 5) is 25.7. The molecule has 0 aromatic carbocycles. The predicted octanol–water partition coefficient (Wildman–Crippen LogP) is 1.02. The Hall–Kier alpha value is -1.10. The average Bonchev–Trinajstić information content (AvgIpc) is 2.43. The van der Waals surface area contributed by atoms with Crippen molar-refractivity contribution in [1.82, 2.24) is 10.2 Å². The molecule has 114 valence electrons. The van der Waals surface area contributed by atoms with Crippen LogP contribution in [-0.2, 0) is 9.59 Å². The van der Waals surface area contributed by atoms with Crippen LogP contribution in [0.4, 0.5) is 0 Å². The van der Waals surface area contributed by atoms with Gasteiger partial charge in [-0.05, 0) is 44.1 Å². The van der Waals surface area contributed by atoms with E-state index >= 15 is 0 Å². The van der Waals surface area contributed by atoms with Crippen LogP contribution in [-0.4, -0.2) is 42.9 Å². The minimum Gasteiger partial charge on any atom is -0.356 e. The number of nitrogens with one attached hydrogen (secondary N) is 1. The van der Waals surface area contributed by atoms with Gasteiger partial charge in [0.25, 0.3) is 0 Å². The molecule has 5 nitrogen and oxygen atoms in total. The van der Waals surface area contributed by atoms with E-state index < -0.39 is 0 Å². The highest BCUT2D eigenvalue weighted by atomic mass is 16.2. The Bertz CT molecular complexity index is 342. The third-order valence-corrected chi connectivity index (χ3v) is 4.75. The molecule has 5 heteroatoms. The number of piperidine rings is 1. The molecule has 0 aromatic heterocycles. The molecule has 0 aromatic rings. The van der Waals surface area contributed by atoms with Crippen molar-refractivity contribution in [3.63, 3.8) is 0 Å². The molecule has 0 unspecified atom stereocenters. The van der Waals surface area contributed by atoms with Crippen molar-refractivity contribution in [2.24, 2.45) is 11.1 Å². The third-order valence-electron chi connectivity index (χ3n) is 4.75. The lowest BCUT2D eigenvalue weighted by Crippen LogP contribution is -2.43. The lowest BCUT2D eigenvalue weighted by atomic mass is 9.66. The quantitative estimate of drug-likeness (QED) is 0.763. The molecule has 2 rings (SSSR count). The van der Waals surface area contributed by atoms with Crippen molar-refractivity contribution in [1.29, 1.82) is 0 Å². The van der Waals surface area contributed by atoms with Crippen LogP contribution in [0.25, 0.3) is 0 Å². The molecule has 0 atom stereocenters. The second kappa shape index (κ2) is 7.07. The fourth-order valence-electron chi connectivity index (χ4n) is 3.14. The number of nitrogens with zero attached hydrogens (tertiary/aromatic N) is 1. The van der Waals surface area contributed by atoms with Gasteiger partial charge in [0.15, 0.2) is 0 Å². The number of rotatable bonds is 6. The first-order chi connectivity index (χ1) is 9.65. The first-order valence-electron chi connectivity index (χ1n) is 7.90. The van der Waals surface area contributed by atoms with E-state index in [-0.39, 0.29) is 17.2 Å². The molecule has 2 amide bonds. The van der Waals surface area contributed by atoms with E-state index in [2.05, 4.69) is 5.32 Å². The summed E-state index contributed by atoms with van der Waals surface area (Å²) in [6, 6.07) is 0. The summed E-state index contributed by atoms with van der Waals surface area (Å²) in [5.74, 6) is 0.212. The fourth-order valence-corrected chi connectivity index (χ4v) is 3.14. The highest BCUT2D eigenvalue weighted by molar-refractivity contribution is 5.79. The summed E-state index contributed by atoms with van der Waals surface area (Å²) in [5.41, 5.74) is 5.79. The zero-order valence-electron chi connectivity index (χ0n) is 12.3. The molecular weight excluding hydrogens is 254 g/mol. The average molecular weight is 281 g/mol. The molecule has 0 bridgehead atoms. The molecular formula is C15H27N3O2. The second-order valence-corrected chi connectivity index (χ2v) is 6.28. The molecule has 0 spiro atoms. The third kappa shape index (κ3) is 3.95. The van der Waals surface area contributed by atoms with Crippen LogP contribution in [0.1, 0.15) is 51.4 Å². The topological polar surface area (TPSA) is 75.4 Å². The van der Waals surface area contributed by atoms with Gasteiger partial charge in [-0.15, -0.1) is 0 Å². The standard InChI is InChI=1S/C15H27N3O2/c16-12-15(6-4-7-15)11-13(19)17-8-5-14(20)18-9-2-1-3-10-18/h1-12,16H2,(H,17,19). The SMILES string of the molecule is NCC1(CC(=O)NCCC(=O)N2CCCCC2)CCC1. The summed E-state index contributed by atoms with van der Waals surface area (Å²) in [6.07, 6.45) is 7.67. The Balaban J connectivity index is 1.62. The Morgan fingerprint density at radius 3 is 2.35 bits per heavy atom. The number of amides is 2. The number of likely N-dealkylation sites (tertiary alicyclic amines) is 1. The molecule has 1 heterocycles. The van der Waals surface area contributed by atoms with Gasteiger partial charge < -0.3 is 16.0 Å². The van der Waals surface area contributed by atoms with Crippen LogP contribution in [0.2, 0.25) is 0 Å². The summed E-state index contributed by atoms with van der Waals surface area (Å²) in [7, 11) is 0. The van der Waals surface area contributed by atoms with Gasteiger partial charge in [0.1, 0.15) is 0 Å². The molecule has 0 radical (unpaired) electrons. The zero-order valence-corrected chi connectivity index (χ0v) is 12.3. The second-order valence-electron chi connectivity index (χ2n) is 6.28. The maximum Gasteiger partial charge on any atom is 0.224 e. The van der Waals surface area contributed by atoms with Crippen LogP contribution in [0.3, 0.4) is 0 Å². The molecule has 2 fully saturated rings. The number of carbonyl (C=O) groups excluding carboxylic acids is 2. The summed E-state index contributed by atoms with van der Waals surface area (Å²) >= 11 is 0. The Kier molecular flexibility index (Phi) is 5.40. The molecule has 1 aliphatic heterocycles. The van der Waals surface area contributed by atoms with E-state index in [0.717, 1.165) is 38.8 Å². The van der Waals surface area contributed by atoms with Gasteiger partial charge in [-0.2, -0.15) is 0 Å². The first-order valence-corrected chi connectivity index (χ1v) is 7.90. The summed E-state index contributed by atoms with van der Waals surface area (Å²) < 4.78 is 0. The maximum atomic E-state index is 11.9. The smallest absolute Gasteiger partial charge is 0.224 e. The van der Waals surface area contributed by atoms with Crippen LogP contribution in [0.5, 0.6) is 0 Å². The first kappa shape index (κ1) is 15.3. The molecule has 20 heavy (non-hydrogen) atoms. The van der Waals surface area contributed by atoms with Crippen molar-refractivity contribution >= 4 is 11.8 Å². The van der Waals surface area contributed by atoms with Crippen molar-refractivity contribution in [3.05, 3.63) is 0 Å². The predicted molar refractivity (Wildman–Crippen MR) is 78.0 cm³/mol. The fraction of sp³-hybridized carbons (Fsp3) is 0.867. The van der Waals surface area contributed by atoms with Gasteiger partial charge in [-0.1, -0.05) is 6.42 Å². The highest BCUT2D eigenvalue weighted by Gasteiger charge is 2.37. The van der Waals surface area contributed by atoms with Crippen molar-refractivity contribution < 1.29 is 9.59 Å². The van der Waals surface area contributed by atoms with E-state index in [1.807, 2.05) is 4.90 Å². The van der Waals surface area contributed by atoms with E-state index in [4.69, 9.17) is 5.73 Å². The normalized spacial score (nSPS) is 21.1. The van der Waals surface area contributed by atoms with E-state index in [0.29, 0.717) is 25.9 Å². The van der Waals surface area contributed by atoms with E-state index in [1.165, 1.54) is 12.8 Å².